The first-order chi connectivity index (χ1) is 15.4. The van der Waals surface area contributed by atoms with E-state index >= 15 is 0 Å². The number of nitriles is 1. The molecule has 1 aromatic heterocycles. The Labute approximate surface area is 186 Å². The SMILES string of the molecule is COc1cc(OC)c2c(=O)cc(-c3ccc(C#N)cc3C)oc2c1[C@@H]1CCN(C)[C@H]1CO. The van der Waals surface area contributed by atoms with Crippen molar-refractivity contribution >= 4 is 11.0 Å². The van der Waals surface area contributed by atoms with Gasteiger partial charge in [0.2, 0.25) is 0 Å². The molecule has 1 aliphatic rings. The zero-order valence-electron chi connectivity index (χ0n) is 18.6. The minimum atomic E-state index is -0.224. The number of fused-ring (bicyclic) bond motifs is 1. The molecule has 0 bridgehead atoms. The lowest BCUT2D eigenvalue weighted by molar-refractivity contribution is 0.171. The molecule has 1 N–H and O–H groups in total. The molecule has 32 heavy (non-hydrogen) atoms. The van der Waals surface area contributed by atoms with Gasteiger partial charge in [-0.05, 0) is 50.7 Å². The lowest BCUT2D eigenvalue weighted by atomic mass is 9.89. The summed E-state index contributed by atoms with van der Waals surface area (Å²) < 4.78 is 17.6. The van der Waals surface area contributed by atoms with Gasteiger partial charge in [0.25, 0.3) is 0 Å². The van der Waals surface area contributed by atoms with Crippen LogP contribution in [0.2, 0.25) is 0 Å². The Morgan fingerprint density at radius 2 is 1.97 bits per heavy atom. The van der Waals surface area contributed by atoms with Gasteiger partial charge in [0.15, 0.2) is 5.43 Å². The van der Waals surface area contributed by atoms with Gasteiger partial charge in [0.05, 0.1) is 32.5 Å². The van der Waals surface area contributed by atoms with Gasteiger partial charge < -0.3 is 23.9 Å². The van der Waals surface area contributed by atoms with Crippen LogP contribution in [-0.2, 0) is 0 Å². The molecule has 4 rings (SSSR count). The number of hydrogen-bond acceptors (Lipinski definition) is 7. The van der Waals surface area contributed by atoms with E-state index in [-0.39, 0.29) is 24.0 Å². The third kappa shape index (κ3) is 3.52. The summed E-state index contributed by atoms with van der Waals surface area (Å²) in [6.07, 6.45) is 0.795. The van der Waals surface area contributed by atoms with E-state index < -0.39 is 0 Å². The molecule has 2 heterocycles. The molecule has 7 nitrogen and oxygen atoms in total. The van der Waals surface area contributed by atoms with Crippen molar-refractivity contribution in [2.75, 3.05) is 34.4 Å². The molecule has 166 valence electrons. The Bertz CT molecular complexity index is 1270. The fourth-order valence-electron chi connectivity index (χ4n) is 4.73. The highest BCUT2D eigenvalue weighted by molar-refractivity contribution is 5.90. The van der Waals surface area contributed by atoms with E-state index in [1.807, 2.05) is 14.0 Å². The molecule has 7 heteroatoms. The summed E-state index contributed by atoms with van der Waals surface area (Å²) in [5.74, 6) is 1.27. The Kier molecular flexibility index (Phi) is 5.92. The third-order valence-corrected chi connectivity index (χ3v) is 6.41. The van der Waals surface area contributed by atoms with Crippen molar-refractivity contribution < 1.29 is 19.0 Å². The zero-order valence-corrected chi connectivity index (χ0v) is 18.6. The van der Waals surface area contributed by atoms with E-state index in [1.54, 1.807) is 31.4 Å². The predicted octanol–water partition coefficient (Wildman–Crippen LogP) is 3.44. The molecule has 1 aliphatic heterocycles. The molecule has 0 radical (unpaired) electrons. The summed E-state index contributed by atoms with van der Waals surface area (Å²) in [7, 11) is 5.05. The normalized spacial score (nSPS) is 18.6. The van der Waals surface area contributed by atoms with Crippen LogP contribution in [0.4, 0.5) is 0 Å². The van der Waals surface area contributed by atoms with Crippen molar-refractivity contribution in [2.45, 2.75) is 25.3 Å². The van der Waals surface area contributed by atoms with Crippen molar-refractivity contribution in [1.82, 2.24) is 4.90 Å². The van der Waals surface area contributed by atoms with E-state index in [0.29, 0.717) is 33.8 Å². The van der Waals surface area contributed by atoms with E-state index in [1.165, 1.54) is 13.2 Å². The molecule has 0 unspecified atom stereocenters. The topological polar surface area (TPSA) is 95.9 Å². The Hall–Kier alpha value is -3.34. The number of likely N-dealkylation sites (N-methyl/N-ethyl adjacent to an activating group) is 1. The second kappa shape index (κ2) is 8.65. The van der Waals surface area contributed by atoms with Crippen LogP contribution in [0.3, 0.4) is 0 Å². The van der Waals surface area contributed by atoms with E-state index in [0.717, 1.165) is 29.7 Å². The minimum Gasteiger partial charge on any atom is -0.496 e. The monoisotopic (exact) mass is 434 g/mol. The molecule has 0 amide bonds. The van der Waals surface area contributed by atoms with Crippen LogP contribution in [-0.4, -0.2) is 50.5 Å². The summed E-state index contributed by atoms with van der Waals surface area (Å²) in [6, 6.07) is 10.4. The molecule has 1 fully saturated rings. The van der Waals surface area contributed by atoms with Crippen molar-refractivity contribution in [3.63, 3.8) is 0 Å². The molecular weight excluding hydrogens is 408 g/mol. The summed E-state index contributed by atoms with van der Waals surface area (Å²) in [5.41, 5.74) is 3.05. The van der Waals surface area contributed by atoms with E-state index in [2.05, 4.69) is 11.0 Å². The van der Waals surface area contributed by atoms with Crippen molar-refractivity contribution in [2.24, 2.45) is 0 Å². The van der Waals surface area contributed by atoms with Crippen LogP contribution in [0, 0.1) is 18.3 Å². The Morgan fingerprint density at radius 1 is 1.22 bits per heavy atom. The fourth-order valence-corrected chi connectivity index (χ4v) is 4.73. The van der Waals surface area contributed by atoms with Gasteiger partial charge in [0.1, 0.15) is 28.2 Å². The van der Waals surface area contributed by atoms with Crippen LogP contribution < -0.4 is 14.9 Å². The number of hydrogen-bond donors (Lipinski definition) is 1. The first kappa shape index (κ1) is 21.9. The van der Waals surface area contributed by atoms with Gasteiger partial charge in [-0.2, -0.15) is 5.26 Å². The molecule has 0 spiro atoms. The summed E-state index contributed by atoms with van der Waals surface area (Å²) in [4.78, 5) is 15.4. The van der Waals surface area contributed by atoms with Gasteiger partial charge in [-0.15, -0.1) is 0 Å². The number of rotatable bonds is 5. The van der Waals surface area contributed by atoms with E-state index in [4.69, 9.17) is 13.9 Å². The van der Waals surface area contributed by atoms with Crippen molar-refractivity contribution in [3.8, 4) is 28.9 Å². The highest BCUT2D eigenvalue weighted by Gasteiger charge is 2.37. The molecule has 2 atom stereocenters. The predicted molar refractivity (Wildman–Crippen MR) is 121 cm³/mol. The van der Waals surface area contributed by atoms with Crippen LogP contribution in [0.1, 0.15) is 29.0 Å². The lowest BCUT2D eigenvalue weighted by Crippen LogP contribution is -2.32. The van der Waals surface area contributed by atoms with Crippen LogP contribution in [0.15, 0.2) is 39.5 Å². The summed E-state index contributed by atoms with van der Waals surface area (Å²) in [6.45, 7) is 2.67. The molecule has 2 aromatic carbocycles. The van der Waals surface area contributed by atoms with Crippen LogP contribution >= 0.6 is 0 Å². The van der Waals surface area contributed by atoms with Gasteiger partial charge >= 0.3 is 0 Å². The lowest BCUT2D eigenvalue weighted by Gasteiger charge is -2.25. The average molecular weight is 434 g/mol. The maximum atomic E-state index is 13.3. The largest absolute Gasteiger partial charge is 0.496 e. The Balaban J connectivity index is 2.05. The Morgan fingerprint density at radius 3 is 2.59 bits per heavy atom. The quantitative estimate of drug-likeness (QED) is 0.657. The first-order valence-electron chi connectivity index (χ1n) is 10.5. The first-order valence-corrected chi connectivity index (χ1v) is 10.5. The molecule has 3 aromatic rings. The summed E-state index contributed by atoms with van der Waals surface area (Å²) >= 11 is 0. The second-order valence-corrected chi connectivity index (χ2v) is 8.14. The second-order valence-electron chi connectivity index (χ2n) is 8.14. The highest BCUT2D eigenvalue weighted by atomic mass is 16.5. The van der Waals surface area contributed by atoms with E-state index in [9.17, 15) is 15.2 Å². The van der Waals surface area contributed by atoms with Crippen LogP contribution in [0.25, 0.3) is 22.3 Å². The van der Waals surface area contributed by atoms with Crippen LogP contribution in [0.5, 0.6) is 11.5 Å². The number of benzene rings is 2. The number of methoxy groups -OCH3 is 2. The van der Waals surface area contributed by atoms with Crippen molar-refractivity contribution in [3.05, 3.63) is 57.2 Å². The van der Waals surface area contributed by atoms with Crippen molar-refractivity contribution in [1.29, 1.82) is 5.26 Å². The minimum absolute atomic E-state index is 0.0174. The maximum Gasteiger partial charge on any atom is 0.197 e. The third-order valence-electron chi connectivity index (χ3n) is 6.41. The van der Waals surface area contributed by atoms with Gasteiger partial charge in [-0.1, -0.05) is 0 Å². The number of nitrogens with zero attached hydrogens (tertiary/aromatic N) is 2. The highest BCUT2D eigenvalue weighted by Crippen LogP contribution is 2.45. The maximum absolute atomic E-state index is 13.3. The molecular formula is C25H26N2O5. The molecule has 0 aliphatic carbocycles. The fraction of sp³-hybridized carbons (Fsp3) is 0.360. The number of aliphatic hydroxyl groups is 1. The van der Waals surface area contributed by atoms with Gasteiger partial charge in [0, 0.05) is 35.2 Å². The average Bonchev–Trinajstić information content (AvgIpc) is 3.17. The number of likely N-dealkylation sites (tertiary alicyclic amines) is 1. The summed E-state index contributed by atoms with van der Waals surface area (Å²) in [5, 5.41) is 19.6. The van der Waals surface area contributed by atoms with Gasteiger partial charge in [-0.3, -0.25) is 4.79 Å². The number of ether oxygens (including phenoxy) is 2. The standard InChI is InChI=1S/C25H26N2O5/c1-14-9-15(12-26)5-6-16(14)20-10-19(29)24-22(31-4)11-21(30-3)23(25(24)32-20)17-7-8-27(2)18(17)13-28/h5-6,9-11,17-18,28H,7-8,13H2,1-4H3/t17-,18+/m1/s1. The smallest absolute Gasteiger partial charge is 0.197 e. The molecule has 1 saturated heterocycles. The number of aryl methyl sites for hydroxylation is 1. The molecule has 0 saturated carbocycles. The zero-order chi connectivity index (χ0) is 23.0. The number of aliphatic hydroxyl groups excluding tert-OH is 1. The van der Waals surface area contributed by atoms with Gasteiger partial charge in [-0.25, -0.2) is 0 Å².